The second-order valence-corrected chi connectivity index (χ2v) is 6.53. The fourth-order valence-corrected chi connectivity index (χ4v) is 2.64. The van der Waals surface area contributed by atoms with Gasteiger partial charge in [0.1, 0.15) is 12.4 Å². The molecule has 0 radical (unpaired) electrons. The zero-order valence-corrected chi connectivity index (χ0v) is 15.5. The van der Waals surface area contributed by atoms with Gasteiger partial charge in [0.05, 0.1) is 6.04 Å². The summed E-state index contributed by atoms with van der Waals surface area (Å²) in [6, 6.07) is 6.97. The molecule has 6 heteroatoms. The van der Waals surface area contributed by atoms with E-state index in [0.717, 1.165) is 18.0 Å². The van der Waals surface area contributed by atoms with Gasteiger partial charge in [-0.05, 0) is 56.1 Å². The number of piperidine rings is 1. The first kappa shape index (κ1) is 20.7. The number of carbonyl (C=O) groups excluding carboxylic acids is 1. The molecule has 0 aromatic heterocycles. The van der Waals surface area contributed by atoms with Crippen LogP contribution >= 0.6 is 12.4 Å². The van der Waals surface area contributed by atoms with Crippen molar-refractivity contribution in [3.05, 3.63) is 24.3 Å². The number of benzene rings is 1. The predicted octanol–water partition coefficient (Wildman–Crippen LogP) is 2.89. The van der Waals surface area contributed by atoms with Crippen molar-refractivity contribution in [2.75, 3.05) is 31.6 Å². The molecule has 1 saturated heterocycles. The minimum Gasteiger partial charge on any atom is -0.492 e. The molecule has 1 aliphatic heterocycles. The molecular formula is C18H30ClN3O2. The third-order valence-electron chi connectivity index (χ3n) is 4.27. The summed E-state index contributed by atoms with van der Waals surface area (Å²) in [5, 5.41) is 2.83. The van der Waals surface area contributed by atoms with E-state index in [2.05, 4.69) is 10.2 Å². The standard InChI is InChI=1S/C18H29N3O2.ClH/c1-14(2)17(19)18(22)20-15-6-8-16(9-7-15)23-13-12-21-10-4-3-5-11-21;/h6-9,14,17H,3-5,10-13,19H2,1-2H3,(H,20,22);1H/t17-;/m0./s1. The zero-order valence-electron chi connectivity index (χ0n) is 14.7. The molecule has 1 aromatic rings. The third kappa shape index (κ3) is 6.67. The molecule has 136 valence electrons. The van der Waals surface area contributed by atoms with Gasteiger partial charge in [0.25, 0.3) is 0 Å². The lowest BCUT2D eigenvalue weighted by Gasteiger charge is -2.26. The van der Waals surface area contributed by atoms with E-state index in [1.54, 1.807) is 0 Å². The van der Waals surface area contributed by atoms with Crippen LogP contribution in [0.25, 0.3) is 0 Å². The number of halogens is 1. The average molecular weight is 356 g/mol. The summed E-state index contributed by atoms with van der Waals surface area (Å²) < 4.78 is 5.78. The Morgan fingerprint density at radius 3 is 2.42 bits per heavy atom. The normalized spacial score (nSPS) is 16.3. The number of hydrogen-bond donors (Lipinski definition) is 2. The first-order valence-corrected chi connectivity index (χ1v) is 8.58. The number of likely N-dealkylation sites (tertiary alicyclic amines) is 1. The Bertz CT molecular complexity index is 488. The van der Waals surface area contributed by atoms with Gasteiger partial charge in [0.2, 0.25) is 5.91 Å². The lowest BCUT2D eigenvalue weighted by molar-refractivity contribution is -0.118. The first-order valence-electron chi connectivity index (χ1n) is 8.58. The minimum atomic E-state index is -0.490. The van der Waals surface area contributed by atoms with Crippen LogP contribution in [-0.2, 0) is 4.79 Å². The Morgan fingerprint density at radius 1 is 1.21 bits per heavy atom. The second-order valence-electron chi connectivity index (χ2n) is 6.53. The van der Waals surface area contributed by atoms with E-state index in [1.165, 1.54) is 32.4 Å². The fourth-order valence-electron chi connectivity index (χ4n) is 2.64. The molecule has 1 fully saturated rings. The van der Waals surface area contributed by atoms with E-state index < -0.39 is 6.04 Å². The molecule has 1 aromatic carbocycles. The summed E-state index contributed by atoms with van der Waals surface area (Å²) in [5.41, 5.74) is 6.58. The quantitative estimate of drug-likeness (QED) is 0.789. The predicted molar refractivity (Wildman–Crippen MR) is 101 cm³/mol. The van der Waals surface area contributed by atoms with Gasteiger partial charge in [0.15, 0.2) is 0 Å². The van der Waals surface area contributed by atoms with Gasteiger partial charge in [-0.3, -0.25) is 9.69 Å². The lowest BCUT2D eigenvalue weighted by Crippen LogP contribution is -2.39. The second kappa shape index (κ2) is 10.5. The molecule has 1 aliphatic rings. The topological polar surface area (TPSA) is 67.6 Å². The van der Waals surface area contributed by atoms with E-state index in [-0.39, 0.29) is 24.2 Å². The maximum Gasteiger partial charge on any atom is 0.241 e. The van der Waals surface area contributed by atoms with Crippen molar-refractivity contribution in [1.29, 1.82) is 0 Å². The van der Waals surface area contributed by atoms with Gasteiger partial charge in [-0.2, -0.15) is 0 Å². The highest BCUT2D eigenvalue weighted by molar-refractivity contribution is 5.94. The Balaban J connectivity index is 0.00000288. The molecule has 0 aliphatic carbocycles. The van der Waals surface area contributed by atoms with Crippen LogP contribution in [0.4, 0.5) is 5.69 Å². The SMILES string of the molecule is CC(C)[C@H](N)C(=O)Nc1ccc(OCCN2CCCCC2)cc1.Cl. The molecular weight excluding hydrogens is 326 g/mol. The Hall–Kier alpha value is -1.30. The zero-order chi connectivity index (χ0) is 16.7. The van der Waals surface area contributed by atoms with Crippen LogP contribution in [0.5, 0.6) is 5.75 Å². The van der Waals surface area contributed by atoms with Gasteiger partial charge >= 0.3 is 0 Å². The Labute approximate surface area is 151 Å². The summed E-state index contributed by atoms with van der Waals surface area (Å²) in [6.07, 6.45) is 3.95. The van der Waals surface area contributed by atoms with Gasteiger partial charge < -0.3 is 15.8 Å². The highest BCUT2D eigenvalue weighted by Crippen LogP contribution is 2.16. The number of amides is 1. The van der Waals surface area contributed by atoms with Crippen molar-refractivity contribution in [1.82, 2.24) is 4.90 Å². The molecule has 0 unspecified atom stereocenters. The van der Waals surface area contributed by atoms with Crippen LogP contribution in [-0.4, -0.2) is 43.1 Å². The number of nitrogens with zero attached hydrogens (tertiary/aromatic N) is 1. The van der Waals surface area contributed by atoms with Crippen LogP contribution < -0.4 is 15.8 Å². The van der Waals surface area contributed by atoms with Crippen molar-refractivity contribution >= 4 is 24.0 Å². The largest absolute Gasteiger partial charge is 0.492 e. The van der Waals surface area contributed by atoms with Crippen molar-refractivity contribution < 1.29 is 9.53 Å². The van der Waals surface area contributed by atoms with Crippen LogP contribution in [0, 0.1) is 5.92 Å². The van der Waals surface area contributed by atoms with E-state index in [4.69, 9.17) is 10.5 Å². The Morgan fingerprint density at radius 2 is 1.83 bits per heavy atom. The molecule has 1 heterocycles. The Kier molecular flexibility index (Phi) is 9.11. The fraction of sp³-hybridized carbons (Fsp3) is 0.611. The number of nitrogens with one attached hydrogen (secondary N) is 1. The molecule has 0 spiro atoms. The number of anilines is 1. The number of hydrogen-bond acceptors (Lipinski definition) is 4. The minimum absolute atomic E-state index is 0. The molecule has 1 amide bonds. The monoisotopic (exact) mass is 355 g/mol. The summed E-state index contributed by atoms with van der Waals surface area (Å²) in [4.78, 5) is 14.4. The molecule has 1 atom stereocenters. The van der Waals surface area contributed by atoms with Gasteiger partial charge in [-0.15, -0.1) is 12.4 Å². The molecule has 2 rings (SSSR count). The van der Waals surface area contributed by atoms with Gasteiger partial charge in [0, 0.05) is 12.2 Å². The summed E-state index contributed by atoms with van der Waals surface area (Å²) in [5.74, 6) is 0.791. The van der Waals surface area contributed by atoms with Crippen LogP contribution in [0.2, 0.25) is 0 Å². The van der Waals surface area contributed by atoms with Crippen LogP contribution in [0.3, 0.4) is 0 Å². The van der Waals surface area contributed by atoms with E-state index in [1.807, 2.05) is 38.1 Å². The maximum absolute atomic E-state index is 11.9. The third-order valence-corrected chi connectivity index (χ3v) is 4.27. The van der Waals surface area contributed by atoms with Crippen molar-refractivity contribution in [2.45, 2.75) is 39.2 Å². The van der Waals surface area contributed by atoms with Crippen molar-refractivity contribution in [3.8, 4) is 5.75 Å². The number of ether oxygens (including phenoxy) is 1. The molecule has 3 N–H and O–H groups in total. The summed E-state index contributed by atoms with van der Waals surface area (Å²) in [6.45, 7) is 7.91. The smallest absolute Gasteiger partial charge is 0.241 e. The lowest BCUT2D eigenvalue weighted by atomic mass is 10.1. The maximum atomic E-state index is 11.9. The van der Waals surface area contributed by atoms with Crippen molar-refractivity contribution in [2.24, 2.45) is 11.7 Å². The average Bonchev–Trinajstić information content (AvgIpc) is 2.56. The van der Waals surface area contributed by atoms with Gasteiger partial charge in [-0.25, -0.2) is 0 Å². The molecule has 0 saturated carbocycles. The molecule has 0 bridgehead atoms. The van der Waals surface area contributed by atoms with Crippen molar-refractivity contribution in [3.63, 3.8) is 0 Å². The van der Waals surface area contributed by atoms with E-state index in [9.17, 15) is 4.79 Å². The number of nitrogens with two attached hydrogens (primary N) is 1. The molecule has 5 nitrogen and oxygen atoms in total. The van der Waals surface area contributed by atoms with E-state index >= 15 is 0 Å². The summed E-state index contributed by atoms with van der Waals surface area (Å²) >= 11 is 0. The highest BCUT2D eigenvalue weighted by Gasteiger charge is 2.17. The summed E-state index contributed by atoms with van der Waals surface area (Å²) in [7, 11) is 0. The van der Waals surface area contributed by atoms with E-state index in [0.29, 0.717) is 6.61 Å². The van der Waals surface area contributed by atoms with Gasteiger partial charge in [-0.1, -0.05) is 20.3 Å². The van der Waals surface area contributed by atoms with Crippen LogP contribution in [0.15, 0.2) is 24.3 Å². The van der Waals surface area contributed by atoms with Crippen LogP contribution in [0.1, 0.15) is 33.1 Å². The first-order chi connectivity index (χ1) is 11.1. The number of carbonyl (C=O) groups is 1. The number of rotatable bonds is 7. The highest BCUT2D eigenvalue weighted by atomic mass is 35.5. The molecule has 24 heavy (non-hydrogen) atoms.